The molecule has 0 radical (unpaired) electrons. The minimum Gasteiger partial charge on any atom is -0.380 e. The van der Waals surface area contributed by atoms with Gasteiger partial charge in [0.05, 0.1) is 42.7 Å². The molecule has 3 heterocycles. The van der Waals surface area contributed by atoms with Crippen molar-refractivity contribution in [1.82, 2.24) is 19.8 Å². The van der Waals surface area contributed by atoms with E-state index in [1.807, 2.05) is 30.5 Å². The van der Waals surface area contributed by atoms with E-state index in [4.69, 9.17) is 10.5 Å². The molecular formula is C26H32N6O3. The van der Waals surface area contributed by atoms with E-state index in [1.54, 1.807) is 4.52 Å². The Labute approximate surface area is 204 Å². The molecule has 5 rings (SSSR count). The SMILES string of the molecule is C[C@@H](Nc1c(C(N)=O)cnn2cc(-c3cccc(CNC(=O)CN4CCOCC4)c3)cc12)C1CC1. The molecule has 4 N–H and O–H groups in total. The average Bonchev–Trinajstić information content (AvgIpc) is 3.62. The number of carbonyl (C=O) groups is 2. The Bertz CT molecular complexity index is 1230. The molecule has 0 bridgehead atoms. The van der Waals surface area contributed by atoms with Gasteiger partial charge in [-0.05, 0) is 48.9 Å². The zero-order chi connectivity index (χ0) is 24.4. The number of nitrogens with one attached hydrogen (secondary N) is 2. The molecule has 0 unspecified atom stereocenters. The van der Waals surface area contributed by atoms with Crippen molar-refractivity contribution >= 4 is 23.0 Å². The monoisotopic (exact) mass is 476 g/mol. The molecule has 1 aliphatic heterocycles. The van der Waals surface area contributed by atoms with Gasteiger partial charge in [-0.3, -0.25) is 14.5 Å². The van der Waals surface area contributed by atoms with Gasteiger partial charge in [0.25, 0.3) is 5.91 Å². The fraction of sp³-hybridized carbons (Fsp3) is 0.423. The molecule has 0 spiro atoms. The predicted octanol–water partition coefficient (Wildman–Crippen LogP) is 2.26. The Kier molecular flexibility index (Phi) is 6.70. The topological polar surface area (TPSA) is 114 Å². The molecule has 3 aromatic rings. The molecule has 2 aliphatic rings. The van der Waals surface area contributed by atoms with Crippen LogP contribution in [0.1, 0.15) is 35.7 Å². The van der Waals surface area contributed by atoms with E-state index >= 15 is 0 Å². The second-order valence-electron chi connectivity index (χ2n) is 9.49. The Balaban J connectivity index is 1.34. The lowest BCUT2D eigenvalue weighted by Gasteiger charge is -2.25. The van der Waals surface area contributed by atoms with E-state index in [9.17, 15) is 9.59 Å². The second-order valence-corrected chi connectivity index (χ2v) is 9.49. The Morgan fingerprint density at radius 1 is 1.20 bits per heavy atom. The maximum atomic E-state index is 12.4. The second kappa shape index (κ2) is 10.1. The number of amides is 2. The van der Waals surface area contributed by atoms with Crippen LogP contribution < -0.4 is 16.4 Å². The van der Waals surface area contributed by atoms with E-state index in [2.05, 4.69) is 33.6 Å². The van der Waals surface area contributed by atoms with Gasteiger partial charge in [-0.1, -0.05) is 18.2 Å². The number of hydrogen-bond donors (Lipinski definition) is 3. The Hall–Kier alpha value is -3.43. The van der Waals surface area contributed by atoms with Gasteiger partial charge in [0.15, 0.2) is 0 Å². The van der Waals surface area contributed by atoms with E-state index < -0.39 is 5.91 Å². The van der Waals surface area contributed by atoms with Gasteiger partial charge in [-0.2, -0.15) is 5.10 Å². The van der Waals surface area contributed by atoms with Crippen LogP contribution in [0.5, 0.6) is 0 Å². The normalized spacial score (nSPS) is 17.3. The number of primary amides is 1. The summed E-state index contributed by atoms with van der Waals surface area (Å²) in [7, 11) is 0. The zero-order valence-electron chi connectivity index (χ0n) is 20.0. The number of morpholine rings is 1. The molecule has 2 amide bonds. The van der Waals surface area contributed by atoms with Crippen molar-refractivity contribution in [2.45, 2.75) is 32.4 Å². The lowest BCUT2D eigenvalue weighted by molar-refractivity contribution is -0.123. The van der Waals surface area contributed by atoms with Crippen molar-refractivity contribution < 1.29 is 14.3 Å². The summed E-state index contributed by atoms with van der Waals surface area (Å²) in [6.07, 6.45) is 5.87. The highest BCUT2D eigenvalue weighted by Crippen LogP contribution is 2.36. The van der Waals surface area contributed by atoms with Crippen molar-refractivity contribution in [3.05, 3.63) is 53.9 Å². The lowest BCUT2D eigenvalue weighted by atomic mass is 10.1. The van der Waals surface area contributed by atoms with Crippen LogP contribution in [-0.2, 0) is 16.1 Å². The number of carbonyl (C=O) groups excluding carboxylic acids is 2. The van der Waals surface area contributed by atoms with Gasteiger partial charge in [0, 0.05) is 37.4 Å². The summed E-state index contributed by atoms with van der Waals surface area (Å²) < 4.78 is 7.12. The summed E-state index contributed by atoms with van der Waals surface area (Å²) in [6, 6.07) is 10.4. The Morgan fingerprint density at radius 3 is 2.74 bits per heavy atom. The molecule has 184 valence electrons. The first-order valence-electron chi connectivity index (χ1n) is 12.2. The molecule has 35 heavy (non-hydrogen) atoms. The summed E-state index contributed by atoms with van der Waals surface area (Å²) in [5.74, 6) is 0.132. The van der Waals surface area contributed by atoms with Crippen molar-refractivity contribution in [3.63, 3.8) is 0 Å². The first-order valence-corrected chi connectivity index (χ1v) is 12.2. The standard InChI is InChI=1S/C26H32N6O3/c1-17(19-5-6-19)30-25-22(26(27)34)14-29-32-15-21(12-23(25)32)20-4-2-3-18(11-20)13-28-24(33)16-31-7-9-35-10-8-31/h2-4,11-12,14-15,17,19,30H,5-10,13,16H2,1H3,(H2,27,34)(H,28,33)/t17-/m1/s1. The molecule has 1 aromatic carbocycles. The summed E-state index contributed by atoms with van der Waals surface area (Å²) in [4.78, 5) is 26.6. The quantitative estimate of drug-likeness (QED) is 0.437. The highest BCUT2D eigenvalue weighted by atomic mass is 16.5. The smallest absolute Gasteiger partial charge is 0.252 e. The number of rotatable bonds is 9. The van der Waals surface area contributed by atoms with Crippen LogP contribution in [0, 0.1) is 5.92 Å². The number of fused-ring (bicyclic) bond motifs is 1. The minimum absolute atomic E-state index is 0.00980. The zero-order valence-corrected chi connectivity index (χ0v) is 20.0. The Morgan fingerprint density at radius 2 is 2.00 bits per heavy atom. The first kappa shape index (κ1) is 23.3. The van der Waals surface area contributed by atoms with Gasteiger partial charge in [0.1, 0.15) is 0 Å². The number of hydrogen-bond acceptors (Lipinski definition) is 6. The summed E-state index contributed by atoms with van der Waals surface area (Å²) in [5.41, 5.74) is 10.6. The molecule has 1 saturated carbocycles. The maximum Gasteiger partial charge on any atom is 0.252 e. The molecule has 1 saturated heterocycles. The predicted molar refractivity (Wildman–Crippen MR) is 134 cm³/mol. The van der Waals surface area contributed by atoms with Gasteiger partial charge in [-0.25, -0.2) is 4.52 Å². The number of aromatic nitrogens is 2. The van der Waals surface area contributed by atoms with E-state index in [1.165, 1.54) is 19.0 Å². The van der Waals surface area contributed by atoms with Gasteiger partial charge < -0.3 is 21.1 Å². The first-order chi connectivity index (χ1) is 17.0. The number of nitrogens with two attached hydrogens (primary N) is 1. The molecule has 1 aliphatic carbocycles. The summed E-state index contributed by atoms with van der Waals surface area (Å²) in [5, 5.41) is 11.0. The van der Waals surface area contributed by atoms with Gasteiger partial charge >= 0.3 is 0 Å². The van der Waals surface area contributed by atoms with E-state index in [-0.39, 0.29) is 11.9 Å². The average molecular weight is 477 g/mol. The fourth-order valence-corrected chi connectivity index (χ4v) is 4.57. The van der Waals surface area contributed by atoms with Gasteiger partial charge in [-0.15, -0.1) is 0 Å². The van der Waals surface area contributed by atoms with Crippen molar-refractivity contribution in [2.75, 3.05) is 38.2 Å². The van der Waals surface area contributed by atoms with Crippen LogP contribution in [-0.4, -0.2) is 65.2 Å². The molecular weight excluding hydrogens is 444 g/mol. The highest BCUT2D eigenvalue weighted by Gasteiger charge is 2.29. The van der Waals surface area contributed by atoms with Crippen molar-refractivity contribution in [3.8, 4) is 11.1 Å². The maximum absolute atomic E-state index is 12.4. The molecule has 2 aromatic heterocycles. The third kappa shape index (κ3) is 5.47. The molecule has 9 nitrogen and oxygen atoms in total. The van der Waals surface area contributed by atoms with Crippen LogP contribution in [0.3, 0.4) is 0 Å². The fourth-order valence-electron chi connectivity index (χ4n) is 4.57. The lowest BCUT2D eigenvalue weighted by Crippen LogP contribution is -2.43. The molecule has 9 heteroatoms. The van der Waals surface area contributed by atoms with Crippen molar-refractivity contribution in [2.24, 2.45) is 11.7 Å². The van der Waals surface area contributed by atoms with E-state index in [0.29, 0.717) is 37.8 Å². The van der Waals surface area contributed by atoms with Crippen molar-refractivity contribution in [1.29, 1.82) is 0 Å². The summed E-state index contributed by atoms with van der Waals surface area (Å²) >= 11 is 0. The van der Waals surface area contributed by atoms with Crippen LogP contribution in [0.15, 0.2) is 42.7 Å². The number of benzene rings is 1. The molecule has 1 atom stereocenters. The molecule has 2 fully saturated rings. The third-order valence-electron chi connectivity index (χ3n) is 6.82. The highest BCUT2D eigenvalue weighted by molar-refractivity contribution is 6.02. The third-order valence-corrected chi connectivity index (χ3v) is 6.82. The van der Waals surface area contributed by atoms with Gasteiger partial charge in [0.2, 0.25) is 5.91 Å². The largest absolute Gasteiger partial charge is 0.380 e. The number of nitrogens with zero attached hydrogens (tertiary/aromatic N) is 3. The number of ether oxygens (including phenoxy) is 1. The van der Waals surface area contributed by atoms with Crippen LogP contribution in [0.4, 0.5) is 5.69 Å². The minimum atomic E-state index is -0.497. The summed E-state index contributed by atoms with van der Waals surface area (Å²) in [6.45, 7) is 5.90. The number of anilines is 1. The van der Waals surface area contributed by atoms with Crippen LogP contribution >= 0.6 is 0 Å². The van der Waals surface area contributed by atoms with Crippen LogP contribution in [0.2, 0.25) is 0 Å². The van der Waals surface area contributed by atoms with E-state index in [0.717, 1.165) is 41.0 Å². The van der Waals surface area contributed by atoms with Crippen LogP contribution in [0.25, 0.3) is 16.6 Å².